The number of benzene rings is 1. The van der Waals surface area contributed by atoms with Gasteiger partial charge in [0.05, 0.1) is 18.9 Å². The maximum atomic E-state index is 12.6. The zero-order valence-electron chi connectivity index (χ0n) is 15.8. The summed E-state index contributed by atoms with van der Waals surface area (Å²) >= 11 is 0. The third-order valence-electron chi connectivity index (χ3n) is 4.39. The van der Waals surface area contributed by atoms with Crippen LogP contribution in [0.1, 0.15) is 36.5 Å². The number of ether oxygens (including phenoxy) is 2. The van der Waals surface area contributed by atoms with Crippen LogP contribution in [0.25, 0.3) is 0 Å². The fourth-order valence-electron chi connectivity index (χ4n) is 3.40. The highest BCUT2D eigenvalue weighted by molar-refractivity contribution is 6.03. The molecule has 3 rings (SSSR count). The Bertz CT molecular complexity index is 821. The van der Waals surface area contributed by atoms with Crippen LogP contribution in [-0.2, 0) is 25.5 Å². The van der Waals surface area contributed by atoms with Crippen LogP contribution >= 0.6 is 0 Å². The molecule has 1 aliphatic heterocycles. The topological polar surface area (TPSA) is 81.6 Å². The van der Waals surface area contributed by atoms with Gasteiger partial charge in [0.15, 0.2) is 5.92 Å². The van der Waals surface area contributed by atoms with Crippen molar-refractivity contribution in [3.8, 4) is 0 Å². The van der Waals surface area contributed by atoms with Gasteiger partial charge in [-0.25, -0.2) is 9.97 Å². The van der Waals surface area contributed by atoms with Crippen LogP contribution in [0.2, 0.25) is 0 Å². The van der Waals surface area contributed by atoms with Crippen molar-refractivity contribution in [2.75, 3.05) is 24.7 Å². The summed E-state index contributed by atoms with van der Waals surface area (Å²) in [5.41, 5.74) is 3.39. The molecular formula is C20H23N3O4. The van der Waals surface area contributed by atoms with Gasteiger partial charge in [-0.15, -0.1) is 0 Å². The predicted molar refractivity (Wildman–Crippen MR) is 99.9 cm³/mol. The lowest BCUT2D eigenvalue weighted by Gasteiger charge is -2.24. The van der Waals surface area contributed by atoms with Gasteiger partial charge >= 0.3 is 11.9 Å². The average Bonchev–Trinajstić information content (AvgIpc) is 3.07. The first-order valence-corrected chi connectivity index (χ1v) is 9.08. The number of esters is 2. The van der Waals surface area contributed by atoms with E-state index in [9.17, 15) is 9.59 Å². The molecule has 0 fully saturated rings. The molecule has 1 aromatic heterocycles. The zero-order valence-corrected chi connectivity index (χ0v) is 15.8. The van der Waals surface area contributed by atoms with Gasteiger partial charge in [0.1, 0.15) is 0 Å². The summed E-state index contributed by atoms with van der Waals surface area (Å²) in [6.07, 6.45) is 4.12. The van der Waals surface area contributed by atoms with Crippen LogP contribution < -0.4 is 4.90 Å². The van der Waals surface area contributed by atoms with Crippen molar-refractivity contribution in [1.29, 1.82) is 0 Å². The highest BCUT2D eigenvalue weighted by Crippen LogP contribution is 2.40. The summed E-state index contributed by atoms with van der Waals surface area (Å²) in [7, 11) is 0. The smallest absolute Gasteiger partial charge is 0.324 e. The van der Waals surface area contributed by atoms with E-state index >= 15 is 0 Å². The summed E-state index contributed by atoms with van der Waals surface area (Å²) in [6.45, 7) is 6.42. The Kier molecular flexibility index (Phi) is 5.69. The molecule has 0 aliphatic carbocycles. The molecule has 0 radical (unpaired) electrons. The Morgan fingerprint density at radius 1 is 1.11 bits per heavy atom. The van der Waals surface area contributed by atoms with Crippen LogP contribution in [0, 0.1) is 6.92 Å². The first-order chi connectivity index (χ1) is 13.1. The lowest BCUT2D eigenvalue weighted by atomic mass is 9.92. The summed E-state index contributed by atoms with van der Waals surface area (Å²) in [6, 6.07) is 5.66. The van der Waals surface area contributed by atoms with Crippen LogP contribution in [0.4, 0.5) is 11.6 Å². The molecule has 7 nitrogen and oxygen atoms in total. The van der Waals surface area contributed by atoms with Crippen LogP contribution in [-0.4, -0.2) is 41.7 Å². The first kappa shape index (κ1) is 18.8. The maximum absolute atomic E-state index is 12.6. The quantitative estimate of drug-likeness (QED) is 0.572. The minimum atomic E-state index is -1.14. The molecule has 1 aliphatic rings. The van der Waals surface area contributed by atoms with Crippen LogP contribution in [0.15, 0.2) is 30.6 Å². The second kappa shape index (κ2) is 8.16. The number of rotatable bonds is 6. The first-order valence-electron chi connectivity index (χ1n) is 9.08. The number of aromatic nitrogens is 2. The lowest BCUT2D eigenvalue weighted by Crippen LogP contribution is -2.28. The number of anilines is 2. The standard InChI is InChI=1S/C20H23N3O4/c1-4-26-18(24)16(19(25)27-5-2)15-12-13(3)11-14-7-10-23(17(14)15)20-21-8-6-9-22-20/h6,8-9,11-12,16H,4-5,7,10H2,1-3H3. The van der Waals surface area contributed by atoms with E-state index in [1.54, 1.807) is 32.3 Å². The SMILES string of the molecule is CCOC(=O)C(C(=O)OCC)c1cc(C)cc2c1N(c1ncccn1)CC2. The van der Waals surface area contributed by atoms with E-state index in [1.165, 1.54) is 0 Å². The summed E-state index contributed by atoms with van der Waals surface area (Å²) < 4.78 is 10.4. The Morgan fingerprint density at radius 2 is 1.74 bits per heavy atom. The number of aryl methyl sites for hydroxylation is 1. The fourth-order valence-corrected chi connectivity index (χ4v) is 3.40. The van der Waals surface area contributed by atoms with E-state index in [1.807, 2.05) is 17.9 Å². The normalized spacial score (nSPS) is 12.8. The molecule has 0 saturated carbocycles. The molecule has 142 valence electrons. The Balaban J connectivity index is 2.13. The molecule has 0 saturated heterocycles. The second-order valence-electron chi connectivity index (χ2n) is 6.25. The van der Waals surface area contributed by atoms with E-state index in [2.05, 4.69) is 16.0 Å². The van der Waals surface area contributed by atoms with Crippen molar-refractivity contribution in [1.82, 2.24) is 9.97 Å². The minimum Gasteiger partial charge on any atom is -0.465 e. The molecule has 1 aromatic carbocycles. The molecule has 0 spiro atoms. The van der Waals surface area contributed by atoms with E-state index in [0.717, 1.165) is 23.2 Å². The van der Waals surface area contributed by atoms with Gasteiger partial charge in [0, 0.05) is 24.5 Å². The molecule has 2 aromatic rings. The van der Waals surface area contributed by atoms with Gasteiger partial charge in [0.2, 0.25) is 5.95 Å². The van der Waals surface area contributed by atoms with E-state index in [0.29, 0.717) is 18.1 Å². The molecule has 0 unspecified atom stereocenters. The van der Waals surface area contributed by atoms with Crippen LogP contribution in [0.3, 0.4) is 0 Å². The lowest BCUT2D eigenvalue weighted by molar-refractivity contribution is -0.156. The highest BCUT2D eigenvalue weighted by atomic mass is 16.6. The number of fused-ring (bicyclic) bond motifs is 1. The second-order valence-corrected chi connectivity index (χ2v) is 6.25. The number of nitrogens with zero attached hydrogens (tertiary/aromatic N) is 3. The van der Waals surface area contributed by atoms with Gasteiger partial charge in [0.25, 0.3) is 0 Å². The Labute approximate surface area is 158 Å². The van der Waals surface area contributed by atoms with Gasteiger partial charge in [-0.1, -0.05) is 17.7 Å². The third kappa shape index (κ3) is 3.77. The highest BCUT2D eigenvalue weighted by Gasteiger charge is 2.37. The molecule has 0 amide bonds. The maximum Gasteiger partial charge on any atom is 0.324 e. The number of hydrogen-bond donors (Lipinski definition) is 0. The van der Waals surface area contributed by atoms with E-state index in [-0.39, 0.29) is 13.2 Å². The van der Waals surface area contributed by atoms with Gasteiger partial charge in [-0.05, 0) is 38.8 Å². The Hall–Kier alpha value is -2.96. The van der Waals surface area contributed by atoms with Crippen molar-refractivity contribution in [3.63, 3.8) is 0 Å². The molecule has 7 heteroatoms. The van der Waals surface area contributed by atoms with Crippen LogP contribution in [0.5, 0.6) is 0 Å². The molecule has 0 bridgehead atoms. The average molecular weight is 369 g/mol. The largest absolute Gasteiger partial charge is 0.465 e. The van der Waals surface area contributed by atoms with Gasteiger partial charge < -0.3 is 14.4 Å². The minimum absolute atomic E-state index is 0.189. The summed E-state index contributed by atoms with van der Waals surface area (Å²) in [5.74, 6) is -1.81. The van der Waals surface area contributed by atoms with Gasteiger partial charge in [-0.2, -0.15) is 0 Å². The van der Waals surface area contributed by atoms with Crippen molar-refractivity contribution < 1.29 is 19.1 Å². The third-order valence-corrected chi connectivity index (χ3v) is 4.39. The predicted octanol–water partition coefficient (Wildman–Crippen LogP) is 2.69. The van der Waals surface area contributed by atoms with Gasteiger partial charge in [-0.3, -0.25) is 9.59 Å². The molecule has 0 atom stereocenters. The monoisotopic (exact) mass is 369 g/mol. The Morgan fingerprint density at radius 3 is 2.33 bits per heavy atom. The van der Waals surface area contributed by atoms with E-state index < -0.39 is 17.9 Å². The summed E-state index contributed by atoms with van der Waals surface area (Å²) in [4.78, 5) is 35.9. The number of hydrogen-bond acceptors (Lipinski definition) is 7. The van der Waals surface area contributed by atoms with Crippen molar-refractivity contribution >= 4 is 23.6 Å². The number of carbonyl (C=O) groups excluding carboxylic acids is 2. The fraction of sp³-hybridized carbons (Fsp3) is 0.400. The molecule has 2 heterocycles. The molecule has 27 heavy (non-hydrogen) atoms. The summed E-state index contributed by atoms with van der Waals surface area (Å²) in [5, 5.41) is 0. The van der Waals surface area contributed by atoms with Crippen molar-refractivity contribution in [2.24, 2.45) is 0 Å². The molecular weight excluding hydrogens is 346 g/mol. The van der Waals surface area contributed by atoms with E-state index in [4.69, 9.17) is 9.47 Å². The number of carbonyl (C=O) groups is 2. The molecule has 0 N–H and O–H groups in total. The zero-order chi connectivity index (χ0) is 19.4. The van der Waals surface area contributed by atoms with Crippen molar-refractivity contribution in [3.05, 3.63) is 47.3 Å². The van der Waals surface area contributed by atoms with Crippen molar-refractivity contribution in [2.45, 2.75) is 33.1 Å².